The standard InChI is InChI=1S/C14H10F2O3/c1-19-13-8(4-2-5-9(13)14(17)18)12-10(15)6-3-7-11(12)16/h2-7H,1H3,(H,17,18). The maximum absolute atomic E-state index is 13.7. The number of carboxylic acid groups (broad SMARTS) is 1. The van der Waals surface area contributed by atoms with E-state index in [2.05, 4.69) is 0 Å². The zero-order chi connectivity index (χ0) is 14.0. The van der Waals surface area contributed by atoms with Gasteiger partial charge in [0.25, 0.3) is 0 Å². The maximum Gasteiger partial charge on any atom is 0.339 e. The van der Waals surface area contributed by atoms with Gasteiger partial charge in [-0.2, -0.15) is 0 Å². The lowest BCUT2D eigenvalue weighted by molar-refractivity contribution is 0.0693. The van der Waals surface area contributed by atoms with Crippen molar-refractivity contribution in [3.8, 4) is 16.9 Å². The average Bonchev–Trinajstić information content (AvgIpc) is 2.38. The Hall–Kier alpha value is -2.43. The Morgan fingerprint density at radius 3 is 2.21 bits per heavy atom. The topological polar surface area (TPSA) is 46.5 Å². The van der Waals surface area contributed by atoms with Gasteiger partial charge in [-0.1, -0.05) is 18.2 Å². The Balaban J connectivity index is 2.76. The summed E-state index contributed by atoms with van der Waals surface area (Å²) in [4.78, 5) is 11.1. The van der Waals surface area contributed by atoms with E-state index in [0.29, 0.717) is 0 Å². The fourth-order valence-electron chi connectivity index (χ4n) is 1.88. The fraction of sp³-hybridized carbons (Fsp3) is 0.0714. The number of hydrogen-bond donors (Lipinski definition) is 1. The number of aromatic carboxylic acids is 1. The number of halogens is 2. The molecule has 0 saturated heterocycles. The predicted molar refractivity (Wildman–Crippen MR) is 65.3 cm³/mol. The lowest BCUT2D eigenvalue weighted by atomic mass is 10.00. The number of para-hydroxylation sites is 1. The number of rotatable bonds is 3. The molecule has 2 aromatic rings. The van der Waals surface area contributed by atoms with Gasteiger partial charge in [0.2, 0.25) is 0 Å². The van der Waals surface area contributed by atoms with Gasteiger partial charge in [0, 0.05) is 5.56 Å². The van der Waals surface area contributed by atoms with Gasteiger partial charge in [0.15, 0.2) is 0 Å². The van der Waals surface area contributed by atoms with Gasteiger partial charge in [-0.15, -0.1) is 0 Å². The first-order valence-electron chi connectivity index (χ1n) is 5.41. The monoisotopic (exact) mass is 264 g/mol. The van der Waals surface area contributed by atoms with Gasteiger partial charge in [-0.3, -0.25) is 0 Å². The van der Waals surface area contributed by atoms with Crippen LogP contribution in [0, 0.1) is 11.6 Å². The smallest absolute Gasteiger partial charge is 0.339 e. The van der Waals surface area contributed by atoms with Gasteiger partial charge in [-0.25, -0.2) is 13.6 Å². The van der Waals surface area contributed by atoms with E-state index in [0.717, 1.165) is 12.1 Å². The molecule has 0 unspecified atom stereocenters. The van der Waals surface area contributed by atoms with Crippen molar-refractivity contribution in [3.05, 3.63) is 53.6 Å². The Bertz CT molecular complexity index is 618. The van der Waals surface area contributed by atoms with Crippen molar-refractivity contribution in [1.82, 2.24) is 0 Å². The zero-order valence-electron chi connectivity index (χ0n) is 9.98. The van der Waals surface area contributed by atoms with Crippen LogP contribution in [0.25, 0.3) is 11.1 Å². The number of carbonyl (C=O) groups is 1. The van der Waals surface area contributed by atoms with E-state index >= 15 is 0 Å². The van der Waals surface area contributed by atoms with E-state index in [1.54, 1.807) is 0 Å². The average molecular weight is 264 g/mol. The van der Waals surface area contributed by atoms with E-state index in [1.807, 2.05) is 0 Å². The normalized spacial score (nSPS) is 10.3. The van der Waals surface area contributed by atoms with Crippen LogP contribution < -0.4 is 4.74 Å². The molecule has 2 rings (SSSR count). The van der Waals surface area contributed by atoms with Gasteiger partial charge in [0.05, 0.1) is 12.7 Å². The molecule has 0 saturated carbocycles. The van der Waals surface area contributed by atoms with E-state index < -0.39 is 17.6 Å². The Morgan fingerprint density at radius 2 is 1.68 bits per heavy atom. The second kappa shape index (κ2) is 5.06. The number of methoxy groups -OCH3 is 1. The highest BCUT2D eigenvalue weighted by molar-refractivity contribution is 5.94. The molecule has 0 spiro atoms. The van der Waals surface area contributed by atoms with Gasteiger partial charge >= 0.3 is 5.97 Å². The summed E-state index contributed by atoms with van der Waals surface area (Å²) in [7, 11) is 1.25. The summed E-state index contributed by atoms with van der Waals surface area (Å²) >= 11 is 0. The molecule has 0 aromatic heterocycles. The molecule has 0 radical (unpaired) electrons. The van der Waals surface area contributed by atoms with Crippen LogP contribution in [0.3, 0.4) is 0 Å². The van der Waals surface area contributed by atoms with E-state index in [4.69, 9.17) is 9.84 Å². The quantitative estimate of drug-likeness (QED) is 0.924. The van der Waals surface area contributed by atoms with Crippen molar-refractivity contribution in [2.45, 2.75) is 0 Å². The molecule has 19 heavy (non-hydrogen) atoms. The van der Waals surface area contributed by atoms with Gasteiger partial charge in [0.1, 0.15) is 22.9 Å². The first-order valence-corrected chi connectivity index (χ1v) is 5.41. The fourth-order valence-corrected chi connectivity index (χ4v) is 1.88. The highest BCUT2D eigenvalue weighted by Gasteiger charge is 2.20. The maximum atomic E-state index is 13.7. The third kappa shape index (κ3) is 2.27. The first-order chi connectivity index (χ1) is 9.06. The molecule has 1 N–H and O–H groups in total. The lowest BCUT2D eigenvalue weighted by Gasteiger charge is -2.12. The van der Waals surface area contributed by atoms with Crippen LogP contribution >= 0.6 is 0 Å². The number of hydrogen-bond acceptors (Lipinski definition) is 2. The summed E-state index contributed by atoms with van der Waals surface area (Å²) in [6.45, 7) is 0. The van der Waals surface area contributed by atoms with E-state index in [9.17, 15) is 13.6 Å². The van der Waals surface area contributed by atoms with Gasteiger partial charge < -0.3 is 9.84 Å². The van der Waals surface area contributed by atoms with Gasteiger partial charge in [-0.05, 0) is 18.2 Å². The van der Waals surface area contributed by atoms with Crippen LogP contribution in [0.4, 0.5) is 8.78 Å². The molecular formula is C14H10F2O3. The molecule has 0 aliphatic heterocycles. The van der Waals surface area contributed by atoms with E-state index in [1.165, 1.54) is 31.4 Å². The third-order valence-electron chi connectivity index (χ3n) is 2.68. The van der Waals surface area contributed by atoms with Crippen molar-refractivity contribution in [3.63, 3.8) is 0 Å². The van der Waals surface area contributed by atoms with Crippen LogP contribution in [-0.2, 0) is 0 Å². The molecule has 0 atom stereocenters. The van der Waals surface area contributed by atoms with E-state index in [-0.39, 0.29) is 22.4 Å². The third-order valence-corrected chi connectivity index (χ3v) is 2.68. The minimum absolute atomic E-state index is 0.0676. The first kappa shape index (κ1) is 13.0. The summed E-state index contributed by atoms with van der Waals surface area (Å²) in [6, 6.07) is 7.57. The summed E-state index contributed by atoms with van der Waals surface area (Å²) < 4.78 is 32.5. The highest BCUT2D eigenvalue weighted by Crippen LogP contribution is 2.36. The summed E-state index contributed by atoms with van der Waals surface area (Å²) in [5.41, 5.74) is -0.386. The number of ether oxygens (including phenoxy) is 1. The molecule has 0 aliphatic carbocycles. The molecule has 2 aromatic carbocycles. The van der Waals surface area contributed by atoms with Crippen LogP contribution in [-0.4, -0.2) is 18.2 Å². The van der Waals surface area contributed by atoms with Crippen molar-refractivity contribution >= 4 is 5.97 Å². The molecule has 0 fully saturated rings. The highest BCUT2D eigenvalue weighted by atomic mass is 19.1. The molecule has 0 aliphatic rings. The van der Waals surface area contributed by atoms with Crippen molar-refractivity contribution < 1.29 is 23.4 Å². The minimum Gasteiger partial charge on any atom is -0.495 e. The van der Waals surface area contributed by atoms with Crippen LogP contribution in [0.2, 0.25) is 0 Å². The van der Waals surface area contributed by atoms with Crippen LogP contribution in [0.15, 0.2) is 36.4 Å². The molecule has 5 heteroatoms. The summed E-state index contributed by atoms with van der Waals surface area (Å²) in [5.74, 6) is -2.85. The Morgan fingerprint density at radius 1 is 1.11 bits per heavy atom. The summed E-state index contributed by atoms with van der Waals surface area (Å²) in [5, 5.41) is 9.04. The summed E-state index contributed by atoms with van der Waals surface area (Å²) in [6.07, 6.45) is 0. The minimum atomic E-state index is -1.23. The largest absolute Gasteiger partial charge is 0.495 e. The van der Waals surface area contributed by atoms with Crippen molar-refractivity contribution in [2.24, 2.45) is 0 Å². The molecule has 0 bridgehead atoms. The molecular weight excluding hydrogens is 254 g/mol. The molecule has 0 heterocycles. The van der Waals surface area contributed by atoms with Crippen molar-refractivity contribution in [2.75, 3.05) is 7.11 Å². The number of benzene rings is 2. The Labute approximate surface area is 108 Å². The zero-order valence-corrected chi connectivity index (χ0v) is 9.98. The molecule has 3 nitrogen and oxygen atoms in total. The number of carboxylic acids is 1. The molecule has 0 amide bonds. The lowest BCUT2D eigenvalue weighted by Crippen LogP contribution is -2.03. The second-order valence-electron chi connectivity index (χ2n) is 3.79. The Kier molecular flexibility index (Phi) is 3.46. The van der Waals surface area contributed by atoms with Crippen molar-refractivity contribution in [1.29, 1.82) is 0 Å². The molecule has 98 valence electrons. The van der Waals surface area contributed by atoms with Crippen LogP contribution in [0.5, 0.6) is 5.75 Å². The second-order valence-corrected chi connectivity index (χ2v) is 3.79. The SMILES string of the molecule is COc1c(C(=O)O)cccc1-c1c(F)cccc1F. The predicted octanol–water partition coefficient (Wildman–Crippen LogP) is 3.34. The van der Waals surface area contributed by atoms with Crippen LogP contribution in [0.1, 0.15) is 10.4 Å².